The lowest BCUT2D eigenvalue weighted by atomic mass is 10.1. The minimum absolute atomic E-state index is 0.0448. The summed E-state index contributed by atoms with van der Waals surface area (Å²) in [6.07, 6.45) is -1.11. The highest BCUT2D eigenvalue weighted by Gasteiger charge is 2.24. The molecule has 2 rings (SSSR count). The largest absolute Gasteiger partial charge is 0.449 e. The summed E-state index contributed by atoms with van der Waals surface area (Å²) in [5.41, 5.74) is 0.876. The van der Waals surface area contributed by atoms with E-state index in [1.165, 1.54) is 26.0 Å². The molecule has 0 radical (unpaired) electrons. The van der Waals surface area contributed by atoms with Gasteiger partial charge in [0.05, 0.1) is 20.6 Å². The van der Waals surface area contributed by atoms with Gasteiger partial charge in [0.1, 0.15) is 0 Å². The summed E-state index contributed by atoms with van der Waals surface area (Å²) in [6.45, 7) is 2.85. The van der Waals surface area contributed by atoms with Crippen molar-refractivity contribution in [2.45, 2.75) is 20.0 Å². The Morgan fingerprint density at radius 2 is 1.54 bits per heavy atom. The molecule has 0 saturated heterocycles. The molecule has 8 heteroatoms. The summed E-state index contributed by atoms with van der Waals surface area (Å²) in [4.78, 5) is 35.7. The van der Waals surface area contributed by atoms with Crippen molar-refractivity contribution in [3.05, 3.63) is 62.6 Å². The SMILES string of the molecule is CC(=O)c1ccc(NC(=O)[C@@H](C)OC(=O)c2c(Cl)ccc(Cl)c2Cl)cc1. The van der Waals surface area contributed by atoms with E-state index in [1.807, 2.05) is 0 Å². The highest BCUT2D eigenvalue weighted by molar-refractivity contribution is 6.46. The van der Waals surface area contributed by atoms with E-state index in [1.54, 1.807) is 24.3 Å². The zero-order valence-electron chi connectivity index (χ0n) is 13.8. The molecule has 1 N–H and O–H groups in total. The molecule has 0 saturated carbocycles. The molecule has 1 amide bonds. The van der Waals surface area contributed by atoms with Crippen molar-refractivity contribution in [2.24, 2.45) is 0 Å². The molecule has 0 fully saturated rings. The number of rotatable bonds is 5. The normalized spacial score (nSPS) is 11.6. The van der Waals surface area contributed by atoms with Crippen LogP contribution in [0.2, 0.25) is 15.1 Å². The molecular weight excluding hydrogens is 401 g/mol. The predicted octanol–water partition coefficient (Wildman–Crippen LogP) is 5.03. The van der Waals surface area contributed by atoms with Crippen LogP contribution in [0, 0.1) is 0 Å². The van der Waals surface area contributed by atoms with Gasteiger partial charge in [0.25, 0.3) is 5.91 Å². The van der Waals surface area contributed by atoms with Crippen LogP contribution in [0.1, 0.15) is 34.6 Å². The molecule has 1 atom stereocenters. The molecule has 0 aliphatic heterocycles. The van der Waals surface area contributed by atoms with Gasteiger partial charge in [-0.25, -0.2) is 4.79 Å². The number of ether oxygens (including phenoxy) is 1. The Balaban J connectivity index is 2.06. The van der Waals surface area contributed by atoms with Gasteiger partial charge in [-0.05, 0) is 50.2 Å². The number of esters is 1. The zero-order valence-corrected chi connectivity index (χ0v) is 16.1. The van der Waals surface area contributed by atoms with E-state index >= 15 is 0 Å². The monoisotopic (exact) mass is 413 g/mol. The lowest BCUT2D eigenvalue weighted by Crippen LogP contribution is -2.30. The first-order chi connectivity index (χ1) is 12.2. The van der Waals surface area contributed by atoms with Crippen LogP contribution in [0.4, 0.5) is 5.69 Å². The Labute approximate surface area is 165 Å². The van der Waals surface area contributed by atoms with Gasteiger partial charge in [0.2, 0.25) is 0 Å². The van der Waals surface area contributed by atoms with Crippen molar-refractivity contribution in [2.75, 3.05) is 5.32 Å². The molecule has 26 heavy (non-hydrogen) atoms. The van der Waals surface area contributed by atoms with E-state index in [-0.39, 0.29) is 26.4 Å². The van der Waals surface area contributed by atoms with Crippen molar-refractivity contribution >= 4 is 58.1 Å². The minimum atomic E-state index is -1.11. The number of amides is 1. The molecule has 0 aromatic heterocycles. The predicted molar refractivity (Wildman–Crippen MR) is 101 cm³/mol. The van der Waals surface area contributed by atoms with Crippen LogP contribution in [0.3, 0.4) is 0 Å². The fraction of sp³-hybridized carbons (Fsp3) is 0.167. The molecule has 136 valence electrons. The van der Waals surface area contributed by atoms with Gasteiger partial charge in [0, 0.05) is 11.3 Å². The summed E-state index contributed by atoms with van der Waals surface area (Å²) in [5.74, 6) is -1.50. The van der Waals surface area contributed by atoms with Crippen molar-refractivity contribution in [1.82, 2.24) is 0 Å². The number of hydrogen-bond acceptors (Lipinski definition) is 4. The second-order valence-corrected chi connectivity index (χ2v) is 6.58. The number of halogens is 3. The molecule has 2 aromatic carbocycles. The maximum atomic E-state index is 12.3. The van der Waals surface area contributed by atoms with E-state index < -0.39 is 18.0 Å². The second kappa shape index (κ2) is 8.54. The van der Waals surface area contributed by atoms with Gasteiger partial charge < -0.3 is 10.1 Å². The second-order valence-electron chi connectivity index (χ2n) is 5.39. The van der Waals surface area contributed by atoms with Crippen LogP contribution in [0.25, 0.3) is 0 Å². The highest BCUT2D eigenvalue weighted by atomic mass is 35.5. The van der Waals surface area contributed by atoms with Crippen LogP contribution in [-0.4, -0.2) is 23.8 Å². The summed E-state index contributed by atoms with van der Waals surface area (Å²) < 4.78 is 5.12. The summed E-state index contributed by atoms with van der Waals surface area (Å²) >= 11 is 17.8. The molecular formula is C18H14Cl3NO4. The van der Waals surface area contributed by atoms with E-state index in [4.69, 9.17) is 39.5 Å². The van der Waals surface area contributed by atoms with Gasteiger partial charge in [-0.3, -0.25) is 9.59 Å². The number of ketones is 1. The number of carbonyl (C=O) groups is 3. The van der Waals surface area contributed by atoms with E-state index in [2.05, 4.69) is 5.32 Å². The quantitative estimate of drug-likeness (QED) is 0.423. The number of Topliss-reactive ketones (excluding diaryl/α,β-unsaturated/α-hetero) is 1. The Morgan fingerprint density at radius 3 is 2.12 bits per heavy atom. The maximum Gasteiger partial charge on any atom is 0.342 e. The van der Waals surface area contributed by atoms with Crippen molar-refractivity contribution in [3.63, 3.8) is 0 Å². The molecule has 0 bridgehead atoms. The first-order valence-electron chi connectivity index (χ1n) is 7.47. The van der Waals surface area contributed by atoms with Crippen LogP contribution in [0.5, 0.6) is 0 Å². The third-order valence-corrected chi connectivity index (χ3v) is 4.58. The summed E-state index contributed by atoms with van der Waals surface area (Å²) in [5, 5.41) is 2.75. The molecule has 5 nitrogen and oxygen atoms in total. The first kappa shape index (κ1) is 20.2. The van der Waals surface area contributed by atoms with E-state index in [0.29, 0.717) is 11.3 Å². The number of benzene rings is 2. The van der Waals surface area contributed by atoms with Crippen molar-refractivity contribution in [3.8, 4) is 0 Å². The number of carbonyl (C=O) groups excluding carboxylic acids is 3. The topological polar surface area (TPSA) is 72.5 Å². The van der Waals surface area contributed by atoms with Gasteiger partial charge in [-0.1, -0.05) is 34.8 Å². The van der Waals surface area contributed by atoms with Gasteiger partial charge in [0.15, 0.2) is 11.9 Å². The average molecular weight is 415 g/mol. The summed E-state index contributed by atoms with van der Waals surface area (Å²) in [6, 6.07) is 9.18. The number of anilines is 1. The Kier molecular flexibility index (Phi) is 6.64. The van der Waals surface area contributed by atoms with Gasteiger partial charge >= 0.3 is 5.97 Å². The Hall–Kier alpha value is -2.08. The molecule has 0 heterocycles. The number of hydrogen-bond donors (Lipinski definition) is 1. The maximum absolute atomic E-state index is 12.3. The zero-order chi connectivity index (χ0) is 19.4. The fourth-order valence-electron chi connectivity index (χ4n) is 2.02. The smallest absolute Gasteiger partial charge is 0.342 e. The molecule has 0 aliphatic rings. The number of nitrogens with one attached hydrogen (secondary N) is 1. The average Bonchev–Trinajstić information content (AvgIpc) is 2.59. The third kappa shape index (κ3) is 4.75. The minimum Gasteiger partial charge on any atom is -0.449 e. The first-order valence-corrected chi connectivity index (χ1v) is 8.60. The van der Waals surface area contributed by atoms with Crippen LogP contribution < -0.4 is 5.32 Å². The molecule has 0 unspecified atom stereocenters. The van der Waals surface area contributed by atoms with Crippen LogP contribution in [-0.2, 0) is 9.53 Å². The Bertz CT molecular complexity index is 865. The van der Waals surface area contributed by atoms with Gasteiger partial charge in [-0.15, -0.1) is 0 Å². The standard InChI is InChI=1S/C18H14Cl3NO4/c1-9(23)11-3-5-12(6-4-11)22-17(24)10(2)26-18(25)15-13(19)7-8-14(20)16(15)21/h3-8,10H,1-2H3,(H,22,24)/t10-/m1/s1. The van der Waals surface area contributed by atoms with E-state index in [0.717, 1.165) is 0 Å². The molecule has 0 aliphatic carbocycles. The third-order valence-electron chi connectivity index (χ3n) is 3.46. The van der Waals surface area contributed by atoms with E-state index in [9.17, 15) is 14.4 Å². The molecule has 0 spiro atoms. The molecule has 2 aromatic rings. The van der Waals surface area contributed by atoms with Gasteiger partial charge in [-0.2, -0.15) is 0 Å². The fourth-order valence-corrected chi connectivity index (χ4v) is 2.70. The lowest BCUT2D eigenvalue weighted by Gasteiger charge is -2.15. The van der Waals surface area contributed by atoms with Crippen molar-refractivity contribution < 1.29 is 19.1 Å². The Morgan fingerprint density at radius 1 is 0.962 bits per heavy atom. The highest BCUT2D eigenvalue weighted by Crippen LogP contribution is 2.32. The van der Waals surface area contributed by atoms with Crippen LogP contribution in [0.15, 0.2) is 36.4 Å². The van der Waals surface area contributed by atoms with Crippen LogP contribution >= 0.6 is 34.8 Å². The lowest BCUT2D eigenvalue weighted by molar-refractivity contribution is -0.123. The van der Waals surface area contributed by atoms with Crippen molar-refractivity contribution in [1.29, 1.82) is 0 Å². The summed E-state index contributed by atoms with van der Waals surface area (Å²) in [7, 11) is 0.